The molecule has 0 saturated carbocycles. The van der Waals surface area contributed by atoms with Gasteiger partial charge < -0.3 is 10.0 Å². The summed E-state index contributed by atoms with van der Waals surface area (Å²) in [5.41, 5.74) is 0.926. The first-order chi connectivity index (χ1) is 11.6. The maximum Gasteiger partial charge on any atom is 0.123 e. The molecule has 0 amide bonds. The average Bonchev–Trinajstić information content (AvgIpc) is 3.14. The number of aliphatic hydroxyl groups is 1. The smallest absolute Gasteiger partial charge is 0.123 e. The molecule has 0 bridgehead atoms. The molecule has 0 radical (unpaired) electrons. The molecule has 2 unspecified atom stereocenters. The Morgan fingerprint density at radius 3 is 2.25 bits per heavy atom. The molecule has 128 valence electrons. The first-order valence-corrected chi connectivity index (χ1v) is 8.89. The van der Waals surface area contributed by atoms with Crippen LogP contribution in [-0.4, -0.2) is 29.6 Å². The van der Waals surface area contributed by atoms with E-state index in [0.717, 1.165) is 30.8 Å². The van der Waals surface area contributed by atoms with Crippen molar-refractivity contribution in [2.24, 2.45) is 0 Å². The minimum Gasteiger partial charge on any atom is -0.384 e. The van der Waals surface area contributed by atoms with Gasteiger partial charge in [-0.3, -0.25) is 0 Å². The number of hydrogen-bond donors (Lipinski definition) is 1. The molecule has 2 nitrogen and oxygen atoms in total. The number of halogens is 1. The zero-order valence-electron chi connectivity index (χ0n) is 14.3. The quantitative estimate of drug-likeness (QED) is 0.855. The molecule has 1 fully saturated rings. The Hall–Kier alpha value is -1.71. The minimum absolute atomic E-state index is 0.0349. The number of hydrogen-bond acceptors (Lipinski definition) is 2. The molecule has 1 N–H and O–H groups in total. The van der Waals surface area contributed by atoms with E-state index in [1.807, 2.05) is 25.1 Å². The van der Waals surface area contributed by atoms with Crippen LogP contribution in [0, 0.1) is 5.82 Å². The van der Waals surface area contributed by atoms with Crippen LogP contribution in [0.5, 0.6) is 0 Å². The van der Waals surface area contributed by atoms with Gasteiger partial charge in [-0.15, -0.1) is 0 Å². The van der Waals surface area contributed by atoms with Crippen LogP contribution in [0.25, 0.3) is 0 Å². The van der Waals surface area contributed by atoms with E-state index in [0.29, 0.717) is 6.42 Å². The van der Waals surface area contributed by atoms with Crippen LogP contribution in [0.4, 0.5) is 4.39 Å². The fraction of sp³-hybridized carbons (Fsp3) is 0.429. The second kappa shape index (κ2) is 7.45. The Morgan fingerprint density at radius 1 is 1.04 bits per heavy atom. The van der Waals surface area contributed by atoms with Gasteiger partial charge in [-0.2, -0.15) is 0 Å². The maximum absolute atomic E-state index is 13.3. The molecule has 0 aromatic heterocycles. The number of likely N-dealkylation sites (tertiary alicyclic amines) is 1. The van der Waals surface area contributed by atoms with E-state index in [1.54, 1.807) is 12.1 Å². The number of benzene rings is 2. The average molecular weight is 327 g/mol. The number of rotatable bonds is 6. The summed E-state index contributed by atoms with van der Waals surface area (Å²) in [7, 11) is 0. The van der Waals surface area contributed by atoms with Gasteiger partial charge in [0.05, 0.1) is 5.60 Å². The molecule has 0 aliphatic carbocycles. The summed E-state index contributed by atoms with van der Waals surface area (Å²) < 4.78 is 13.3. The van der Waals surface area contributed by atoms with Crippen molar-refractivity contribution >= 4 is 0 Å². The van der Waals surface area contributed by atoms with Crippen LogP contribution < -0.4 is 0 Å². The Kier molecular flexibility index (Phi) is 5.32. The molecule has 3 rings (SSSR count). The van der Waals surface area contributed by atoms with Gasteiger partial charge in [0.15, 0.2) is 0 Å². The Morgan fingerprint density at radius 2 is 1.67 bits per heavy atom. The van der Waals surface area contributed by atoms with Crippen molar-refractivity contribution in [2.75, 3.05) is 19.6 Å². The molecule has 2 atom stereocenters. The van der Waals surface area contributed by atoms with Crippen molar-refractivity contribution in [3.8, 4) is 0 Å². The summed E-state index contributed by atoms with van der Waals surface area (Å²) in [4.78, 5) is 2.43. The van der Waals surface area contributed by atoms with Crippen molar-refractivity contribution in [3.63, 3.8) is 0 Å². The van der Waals surface area contributed by atoms with Crippen molar-refractivity contribution in [2.45, 2.75) is 37.7 Å². The monoisotopic (exact) mass is 327 g/mol. The highest BCUT2D eigenvalue weighted by molar-refractivity contribution is 5.32. The van der Waals surface area contributed by atoms with E-state index in [9.17, 15) is 9.50 Å². The van der Waals surface area contributed by atoms with Gasteiger partial charge >= 0.3 is 0 Å². The third-order valence-electron chi connectivity index (χ3n) is 5.30. The minimum atomic E-state index is -1.00. The van der Waals surface area contributed by atoms with Crippen LogP contribution in [0.2, 0.25) is 0 Å². The van der Waals surface area contributed by atoms with Gasteiger partial charge in [0.2, 0.25) is 0 Å². The lowest BCUT2D eigenvalue weighted by Gasteiger charge is -2.38. The lowest BCUT2D eigenvalue weighted by molar-refractivity contribution is -0.00679. The normalized spacial score (nSPS) is 19.1. The summed E-state index contributed by atoms with van der Waals surface area (Å²) in [6, 6.07) is 16.5. The molecule has 24 heavy (non-hydrogen) atoms. The molecule has 3 heteroatoms. The van der Waals surface area contributed by atoms with Crippen molar-refractivity contribution in [1.29, 1.82) is 0 Å². The zero-order chi connectivity index (χ0) is 17.0. The van der Waals surface area contributed by atoms with Gasteiger partial charge in [0.25, 0.3) is 0 Å². The molecule has 0 spiro atoms. The Balaban J connectivity index is 1.98. The fourth-order valence-corrected chi connectivity index (χ4v) is 3.83. The standard InChI is InChI=1S/C21H26FNO/c1-2-21(24,18-10-12-19(22)13-11-18)20(16-23-14-6-7-15-23)17-8-4-3-5-9-17/h3-5,8-13,20,24H,2,6-7,14-16H2,1H3. The van der Waals surface area contributed by atoms with E-state index in [2.05, 4.69) is 17.0 Å². The van der Waals surface area contributed by atoms with E-state index < -0.39 is 5.60 Å². The number of nitrogens with zero attached hydrogens (tertiary/aromatic N) is 1. The summed E-state index contributed by atoms with van der Waals surface area (Å²) in [5, 5.41) is 11.6. The van der Waals surface area contributed by atoms with Gasteiger partial charge in [0.1, 0.15) is 5.82 Å². The second-order valence-electron chi connectivity index (χ2n) is 6.76. The van der Waals surface area contributed by atoms with E-state index in [-0.39, 0.29) is 11.7 Å². The van der Waals surface area contributed by atoms with Crippen molar-refractivity contribution in [3.05, 3.63) is 71.5 Å². The third-order valence-corrected chi connectivity index (χ3v) is 5.30. The van der Waals surface area contributed by atoms with Gasteiger partial charge in [-0.1, -0.05) is 49.4 Å². The molecule has 1 aliphatic rings. The molecule has 1 saturated heterocycles. The largest absolute Gasteiger partial charge is 0.384 e. The SMILES string of the molecule is CCC(O)(c1ccc(F)cc1)C(CN1CCCC1)c1ccccc1. The molecular weight excluding hydrogens is 301 g/mol. The maximum atomic E-state index is 13.3. The highest BCUT2D eigenvalue weighted by Crippen LogP contribution is 2.40. The molecule has 2 aromatic carbocycles. The van der Waals surface area contributed by atoms with Gasteiger partial charge in [0, 0.05) is 12.5 Å². The van der Waals surface area contributed by atoms with E-state index >= 15 is 0 Å². The molecule has 1 heterocycles. The third kappa shape index (κ3) is 3.52. The van der Waals surface area contributed by atoms with Crippen molar-refractivity contribution in [1.82, 2.24) is 4.90 Å². The predicted octanol–water partition coefficient (Wildman–Crippen LogP) is 4.30. The first kappa shape index (κ1) is 17.1. The summed E-state index contributed by atoms with van der Waals surface area (Å²) >= 11 is 0. The van der Waals surface area contributed by atoms with Crippen LogP contribution in [0.15, 0.2) is 54.6 Å². The Bertz CT molecular complexity index is 637. The van der Waals surface area contributed by atoms with Gasteiger partial charge in [-0.05, 0) is 55.6 Å². The summed E-state index contributed by atoms with van der Waals surface area (Å²) in [6.07, 6.45) is 3.04. The lowest BCUT2D eigenvalue weighted by atomic mass is 9.75. The summed E-state index contributed by atoms with van der Waals surface area (Å²) in [5.74, 6) is -0.305. The van der Waals surface area contributed by atoms with Crippen LogP contribution in [0.3, 0.4) is 0 Å². The summed E-state index contributed by atoms with van der Waals surface area (Å²) in [6.45, 7) is 5.01. The predicted molar refractivity (Wildman–Crippen MR) is 95.4 cm³/mol. The van der Waals surface area contributed by atoms with Gasteiger partial charge in [-0.25, -0.2) is 4.39 Å². The van der Waals surface area contributed by atoms with E-state index in [4.69, 9.17) is 0 Å². The highest BCUT2D eigenvalue weighted by atomic mass is 19.1. The zero-order valence-corrected chi connectivity index (χ0v) is 14.3. The van der Waals surface area contributed by atoms with E-state index in [1.165, 1.54) is 25.0 Å². The lowest BCUT2D eigenvalue weighted by Crippen LogP contribution is -2.40. The molecular formula is C21H26FNO. The van der Waals surface area contributed by atoms with Crippen LogP contribution in [0.1, 0.15) is 43.2 Å². The van der Waals surface area contributed by atoms with Crippen LogP contribution in [-0.2, 0) is 5.60 Å². The van der Waals surface area contributed by atoms with Crippen LogP contribution >= 0.6 is 0 Å². The molecule has 1 aliphatic heterocycles. The fourth-order valence-electron chi connectivity index (χ4n) is 3.83. The Labute approximate surface area is 143 Å². The topological polar surface area (TPSA) is 23.5 Å². The molecule has 2 aromatic rings. The highest BCUT2D eigenvalue weighted by Gasteiger charge is 2.39. The first-order valence-electron chi connectivity index (χ1n) is 8.89. The van der Waals surface area contributed by atoms with Crippen molar-refractivity contribution < 1.29 is 9.50 Å². The second-order valence-corrected chi connectivity index (χ2v) is 6.76.